The summed E-state index contributed by atoms with van der Waals surface area (Å²) in [5.41, 5.74) is 3.67. The maximum Gasteiger partial charge on any atom is 0.248 e. The Bertz CT molecular complexity index is 3150. The van der Waals surface area contributed by atoms with Crippen LogP contribution in [0.15, 0.2) is 66.7 Å². The molecule has 0 spiro atoms. The Morgan fingerprint density at radius 3 is 1.99 bits per heavy atom. The number of piperidine rings is 1. The van der Waals surface area contributed by atoms with Crippen molar-refractivity contribution >= 4 is 52.5 Å². The molecule has 4 aromatic rings. The van der Waals surface area contributed by atoms with Crippen LogP contribution in [0.1, 0.15) is 83.3 Å². The van der Waals surface area contributed by atoms with Crippen LogP contribution in [0.25, 0.3) is 21.1 Å². The number of methoxy groups -OCH3 is 2. The summed E-state index contributed by atoms with van der Waals surface area (Å²) in [6.45, 7) is 4.24. The predicted octanol–water partition coefficient (Wildman–Crippen LogP) is -1.60. The number of benzene rings is 3. The minimum Gasteiger partial charge on any atom is -0.504 e. The molecule has 0 radical (unpaired) electrons. The molecule has 8 rings (SSSR count). The first-order chi connectivity index (χ1) is 44.5. The highest BCUT2D eigenvalue weighted by Gasteiger charge is 2.50. The Labute approximate surface area is 544 Å². The summed E-state index contributed by atoms with van der Waals surface area (Å²) in [4.78, 5) is 92.2. The summed E-state index contributed by atoms with van der Waals surface area (Å²) in [5, 5.41) is 125. The van der Waals surface area contributed by atoms with Crippen molar-refractivity contribution < 1.29 is 84.2 Å². The number of hydrogen-bond acceptors (Lipinski definition) is 23. The number of amides is 6. The number of anilines is 1. The normalized spacial score (nSPS) is 26.3. The molecule has 28 nitrogen and oxygen atoms in total. The van der Waals surface area contributed by atoms with Crippen LogP contribution < -0.4 is 41.5 Å². The van der Waals surface area contributed by atoms with Gasteiger partial charge < -0.3 is 102 Å². The van der Waals surface area contributed by atoms with Gasteiger partial charge in [0.15, 0.2) is 11.5 Å². The van der Waals surface area contributed by atoms with Gasteiger partial charge in [0.05, 0.1) is 74.6 Å². The van der Waals surface area contributed by atoms with E-state index in [9.17, 15) is 74.7 Å². The van der Waals surface area contributed by atoms with Gasteiger partial charge >= 0.3 is 0 Å². The molecule has 0 saturated carbocycles. The maximum absolute atomic E-state index is 15.0. The van der Waals surface area contributed by atoms with E-state index in [-0.39, 0.29) is 48.7 Å². The number of aliphatic hydroxyl groups is 8. The number of nitrogens with zero attached hydrogens (tertiary/aromatic N) is 5. The van der Waals surface area contributed by atoms with E-state index in [0.29, 0.717) is 10.6 Å². The van der Waals surface area contributed by atoms with Crippen molar-refractivity contribution in [2.45, 2.75) is 170 Å². The van der Waals surface area contributed by atoms with Gasteiger partial charge in [-0.2, -0.15) is 0 Å². The molecule has 0 unspecified atom stereocenters. The van der Waals surface area contributed by atoms with Gasteiger partial charge in [0.1, 0.15) is 40.2 Å². The van der Waals surface area contributed by atoms with Gasteiger partial charge in [-0.3, -0.25) is 28.8 Å². The molecular formula is C64H91N11O17S. The lowest BCUT2D eigenvalue weighted by molar-refractivity contribution is -0.147. The topological polar surface area (TPSA) is 411 Å². The van der Waals surface area contributed by atoms with Crippen molar-refractivity contribution in [3.63, 3.8) is 0 Å². The first-order valence-corrected chi connectivity index (χ1v) is 32.6. The predicted molar refractivity (Wildman–Crippen MR) is 341 cm³/mol. The average molecular weight is 1320 g/mol. The summed E-state index contributed by atoms with van der Waals surface area (Å²) < 4.78 is 11.2. The maximum atomic E-state index is 15.0. The first-order valence-electron chi connectivity index (χ1n) is 31.8. The molecule has 4 saturated heterocycles. The van der Waals surface area contributed by atoms with Crippen LogP contribution in [-0.4, -0.2) is 253 Å². The van der Waals surface area contributed by atoms with Crippen molar-refractivity contribution in [1.82, 2.24) is 51.9 Å². The SMILES string of the molecule is CCCCC1(OC)CCN(c2ccc(-c3nnc(-c4ccc(CN[C@H]5C[C@@H](O)CNC(=O)[C@@H]6[C@@H](O)[C@@H](C)CN6C(=O)[C@H]([C@H](O)CCNC(CO)CO)NC(=O)[C@H]([C@H](O)Cc6ccc(O)c(OC)c6)NC(=O)[C@@H]6C[C@@H](O)CN6C(=O)[C@H]([C@@H](C)O)NC5=O)cc4)s3)cc2)CC1. The lowest BCUT2D eigenvalue weighted by Crippen LogP contribution is -2.64. The number of carbonyl (C=O) groups excluding carboxylic acids is 6. The minimum atomic E-state index is -2.04. The van der Waals surface area contributed by atoms with E-state index in [2.05, 4.69) is 66.1 Å². The van der Waals surface area contributed by atoms with Crippen molar-refractivity contribution in [3.8, 4) is 32.6 Å². The zero-order chi connectivity index (χ0) is 67.3. The van der Waals surface area contributed by atoms with E-state index in [1.54, 1.807) is 19.1 Å². The van der Waals surface area contributed by atoms with Crippen LogP contribution >= 0.6 is 11.3 Å². The van der Waals surface area contributed by atoms with Crippen LogP contribution in [0.4, 0.5) is 5.69 Å². The Morgan fingerprint density at radius 2 is 1.37 bits per heavy atom. The number of unbranched alkanes of at least 4 members (excludes halogenated alkanes) is 1. The second kappa shape index (κ2) is 32.9. The number of nitrogens with one attached hydrogen (secondary N) is 6. The van der Waals surface area contributed by atoms with Crippen LogP contribution in [-0.2, 0) is 46.5 Å². The van der Waals surface area contributed by atoms with Gasteiger partial charge in [-0.25, -0.2) is 0 Å². The van der Waals surface area contributed by atoms with Gasteiger partial charge in [0, 0.05) is 82.0 Å². The number of phenols is 1. The number of fused-ring (bicyclic) bond motifs is 2. The van der Waals surface area contributed by atoms with Crippen LogP contribution in [0.3, 0.4) is 0 Å². The van der Waals surface area contributed by atoms with Crippen LogP contribution in [0.2, 0.25) is 0 Å². The van der Waals surface area contributed by atoms with Crippen molar-refractivity contribution in [1.29, 1.82) is 0 Å². The van der Waals surface area contributed by atoms with Gasteiger partial charge in [0.2, 0.25) is 35.4 Å². The fourth-order valence-corrected chi connectivity index (χ4v) is 13.3. The lowest BCUT2D eigenvalue weighted by Gasteiger charge is -2.42. The zero-order valence-corrected chi connectivity index (χ0v) is 53.9. The van der Waals surface area contributed by atoms with Gasteiger partial charge in [0.25, 0.3) is 0 Å². The average Bonchev–Trinajstić information content (AvgIpc) is 1.77. The second-order valence-corrected chi connectivity index (χ2v) is 25.8. The van der Waals surface area contributed by atoms with Gasteiger partial charge in [-0.15, -0.1) is 10.2 Å². The molecule has 1 aromatic heterocycles. The number of rotatable bonds is 22. The van der Waals surface area contributed by atoms with Crippen molar-refractivity contribution in [2.24, 2.45) is 5.92 Å². The number of hydrogen-bond donors (Lipinski definition) is 15. The quantitative estimate of drug-likeness (QED) is 0.0421. The molecule has 13 atom stereocenters. The number of aromatic hydroxyl groups is 1. The highest BCUT2D eigenvalue weighted by Crippen LogP contribution is 2.36. The third kappa shape index (κ3) is 17.9. The molecule has 93 heavy (non-hydrogen) atoms. The van der Waals surface area contributed by atoms with Crippen LogP contribution in [0, 0.1) is 5.92 Å². The van der Waals surface area contributed by atoms with E-state index < -0.39 is 166 Å². The first kappa shape index (κ1) is 71.8. The smallest absolute Gasteiger partial charge is 0.248 e. The van der Waals surface area contributed by atoms with Gasteiger partial charge in [-0.1, -0.05) is 68.4 Å². The molecule has 0 bridgehead atoms. The molecule has 15 N–H and O–H groups in total. The minimum absolute atomic E-state index is 0.00293. The summed E-state index contributed by atoms with van der Waals surface area (Å²) in [6.07, 6.45) is -6.20. The highest BCUT2D eigenvalue weighted by atomic mass is 32.1. The summed E-state index contributed by atoms with van der Waals surface area (Å²) in [6, 6.07) is 8.23. The number of β-amino-alcohol motifs (C(OH)–C–C–N with tert-alkyl or cyclic N) is 1. The lowest BCUT2D eigenvalue weighted by atomic mass is 9.86. The van der Waals surface area contributed by atoms with E-state index in [1.165, 1.54) is 43.6 Å². The molecule has 6 amide bonds. The molecule has 0 aliphatic carbocycles. The number of carbonyl (C=O) groups is 6. The van der Waals surface area contributed by atoms with E-state index in [4.69, 9.17) is 9.47 Å². The molecule has 5 heterocycles. The third-order valence-corrected chi connectivity index (χ3v) is 19.2. The Kier molecular flexibility index (Phi) is 25.4. The Hall–Kier alpha value is -7.00. The standard InChI is InChI=1S/C64H91N11O17S/c1-6-7-19-64(92-5)20-23-73(24-21-64)42-15-13-40(14-16-42)61-72-71-60(93-61)39-11-8-37(9-12-39)29-66-45-27-43(79)30-67-59(88)54-55(84)35(2)31-75(54)63(90)53(48(82)18-22-65-41(33-76)34-77)70-58(87)52(49(83)25-38-10-17-47(81)50(26-38)91-4)69-57(86)46-28-44(80)32-74(46)62(89)51(36(3)78)68-56(45)85/h8-17,26,35-36,41,43-46,48-49,51-55,65-66,76-84H,6-7,18-25,27-34H2,1-5H3,(H,67,88)(H,68,85)(H,69,86)(H,70,87)/t35-,36+,43+,44+,45-,46-,48+,49+,51-,52-,53-,54-,55-/m0/s1. The summed E-state index contributed by atoms with van der Waals surface area (Å²) >= 11 is 1.42. The zero-order valence-electron chi connectivity index (χ0n) is 53.1. The highest BCUT2D eigenvalue weighted by molar-refractivity contribution is 7.17. The van der Waals surface area contributed by atoms with Gasteiger partial charge in [-0.05, 0) is 93.1 Å². The monoisotopic (exact) mass is 1320 g/mol. The molecular weight excluding hydrogens is 1230 g/mol. The van der Waals surface area contributed by atoms with Crippen molar-refractivity contribution in [3.05, 3.63) is 77.9 Å². The Balaban J connectivity index is 1.05. The fourth-order valence-electron chi connectivity index (χ4n) is 12.5. The number of phenolic OH excluding ortho intramolecular Hbond substituents is 1. The summed E-state index contributed by atoms with van der Waals surface area (Å²) in [5.74, 6) is -7.43. The Morgan fingerprint density at radius 1 is 0.742 bits per heavy atom. The van der Waals surface area contributed by atoms with E-state index >= 15 is 0 Å². The molecule has 4 aliphatic rings. The largest absolute Gasteiger partial charge is 0.504 e. The number of aromatic nitrogens is 2. The molecule has 3 aromatic carbocycles. The molecule has 29 heteroatoms. The molecule has 4 aliphatic heterocycles. The van der Waals surface area contributed by atoms with Crippen LogP contribution in [0.5, 0.6) is 11.5 Å². The van der Waals surface area contributed by atoms with E-state index in [0.717, 1.165) is 76.8 Å². The summed E-state index contributed by atoms with van der Waals surface area (Å²) in [7, 11) is 3.10. The molecule has 4 fully saturated rings. The second-order valence-electron chi connectivity index (χ2n) is 24.9. The number of ether oxygens (including phenoxy) is 2. The fraction of sp³-hybridized carbons (Fsp3) is 0.594. The van der Waals surface area contributed by atoms with Crippen molar-refractivity contribution in [2.75, 3.05) is 71.6 Å². The molecule has 510 valence electrons. The number of aliphatic hydroxyl groups excluding tert-OH is 8. The van der Waals surface area contributed by atoms with E-state index in [1.807, 2.05) is 31.4 Å². The third-order valence-electron chi connectivity index (χ3n) is 18.2.